The Kier molecular flexibility index (Phi) is 3.88. The zero-order valence-electron chi connectivity index (χ0n) is 10.1. The summed E-state index contributed by atoms with van der Waals surface area (Å²) in [6.07, 6.45) is 0. The molecule has 0 bridgehead atoms. The molecule has 1 aliphatic heterocycles. The molecule has 1 aliphatic rings. The molecule has 1 saturated heterocycles. The van der Waals surface area contributed by atoms with E-state index in [9.17, 15) is 9.59 Å². The van der Waals surface area contributed by atoms with E-state index in [4.69, 9.17) is 5.84 Å². The predicted octanol–water partition coefficient (Wildman–Crippen LogP) is -1.22. The Morgan fingerprint density at radius 3 is 2.62 bits per heavy atom. The Balaban J connectivity index is 2.55. The summed E-state index contributed by atoms with van der Waals surface area (Å²) in [5.41, 5.74) is 1.58. The molecule has 0 aromatic carbocycles. The molecular formula is C10H20N4O2. The second kappa shape index (κ2) is 4.80. The summed E-state index contributed by atoms with van der Waals surface area (Å²) in [4.78, 5) is 26.7. The van der Waals surface area contributed by atoms with Crippen molar-refractivity contribution in [3.05, 3.63) is 0 Å². The van der Waals surface area contributed by atoms with E-state index < -0.39 is 5.41 Å². The standard InChI is InChI=1S/C10H20N4O2/c1-10(2,9(16)12-11)7-14-5-4-13(3)8(15)6-14/h4-7,11H2,1-3H3,(H,12,16). The maximum atomic E-state index is 11.5. The minimum absolute atomic E-state index is 0.0928. The van der Waals surface area contributed by atoms with Gasteiger partial charge in [0.05, 0.1) is 12.0 Å². The summed E-state index contributed by atoms with van der Waals surface area (Å²) in [6, 6.07) is 0. The smallest absolute Gasteiger partial charge is 0.240 e. The SMILES string of the molecule is CN1CCN(CC(C)(C)C(=O)NN)CC1=O. The van der Waals surface area contributed by atoms with Crippen molar-refractivity contribution in [3.8, 4) is 0 Å². The topological polar surface area (TPSA) is 78.7 Å². The van der Waals surface area contributed by atoms with E-state index >= 15 is 0 Å². The highest BCUT2D eigenvalue weighted by molar-refractivity contribution is 5.82. The Labute approximate surface area is 95.7 Å². The second-order valence-corrected chi connectivity index (χ2v) is 4.88. The van der Waals surface area contributed by atoms with Crippen LogP contribution in [-0.4, -0.2) is 54.8 Å². The van der Waals surface area contributed by atoms with Crippen LogP contribution in [0.15, 0.2) is 0 Å². The van der Waals surface area contributed by atoms with Gasteiger partial charge in [0.25, 0.3) is 0 Å². The van der Waals surface area contributed by atoms with Gasteiger partial charge in [0.1, 0.15) is 0 Å². The Morgan fingerprint density at radius 2 is 2.12 bits per heavy atom. The predicted molar refractivity (Wildman–Crippen MR) is 60.2 cm³/mol. The first-order valence-electron chi connectivity index (χ1n) is 5.34. The van der Waals surface area contributed by atoms with Gasteiger partial charge in [-0.1, -0.05) is 0 Å². The van der Waals surface area contributed by atoms with Crippen LogP contribution in [0.1, 0.15) is 13.8 Å². The van der Waals surface area contributed by atoms with Crippen molar-refractivity contribution in [2.75, 3.05) is 33.2 Å². The Bertz CT molecular complexity index is 291. The largest absolute Gasteiger partial charge is 0.343 e. The van der Waals surface area contributed by atoms with Crippen LogP contribution in [0.25, 0.3) is 0 Å². The number of carbonyl (C=O) groups is 2. The van der Waals surface area contributed by atoms with Gasteiger partial charge in [-0.3, -0.25) is 19.9 Å². The normalized spacial score (nSPS) is 18.8. The molecule has 0 spiro atoms. The summed E-state index contributed by atoms with van der Waals surface area (Å²) < 4.78 is 0. The highest BCUT2D eigenvalue weighted by atomic mass is 16.2. The fraction of sp³-hybridized carbons (Fsp3) is 0.800. The fourth-order valence-corrected chi connectivity index (χ4v) is 1.77. The molecular weight excluding hydrogens is 208 g/mol. The third-order valence-corrected chi connectivity index (χ3v) is 2.90. The van der Waals surface area contributed by atoms with Crippen molar-refractivity contribution in [1.82, 2.24) is 15.2 Å². The number of carbonyl (C=O) groups excluding carboxylic acids is 2. The number of likely N-dealkylation sites (N-methyl/N-ethyl adjacent to an activating group) is 1. The van der Waals surface area contributed by atoms with Crippen LogP contribution >= 0.6 is 0 Å². The molecule has 0 unspecified atom stereocenters. The van der Waals surface area contributed by atoms with Gasteiger partial charge in [0.15, 0.2) is 0 Å². The average molecular weight is 228 g/mol. The van der Waals surface area contributed by atoms with E-state index in [0.717, 1.165) is 6.54 Å². The molecule has 0 aliphatic carbocycles. The van der Waals surface area contributed by atoms with Crippen molar-refractivity contribution in [2.24, 2.45) is 11.3 Å². The summed E-state index contributed by atoms with van der Waals surface area (Å²) >= 11 is 0. The van der Waals surface area contributed by atoms with Crippen molar-refractivity contribution in [1.29, 1.82) is 0 Å². The van der Waals surface area contributed by atoms with Crippen LogP contribution in [0, 0.1) is 5.41 Å². The molecule has 6 heteroatoms. The van der Waals surface area contributed by atoms with Gasteiger partial charge >= 0.3 is 0 Å². The average Bonchev–Trinajstić information content (AvgIpc) is 2.22. The molecule has 92 valence electrons. The summed E-state index contributed by atoms with van der Waals surface area (Å²) in [5.74, 6) is 5.00. The Morgan fingerprint density at radius 1 is 1.50 bits per heavy atom. The first-order valence-corrected chi connectivity index (χ1v) is 5.34. The molecule has 1 fully saturated rings. The number of piperazine rings is 1. The lowest BCUT2D eigenvalue weighted by molar-refractivity contribution is -0.138. The molecule has 2 amide bonds. The van der Waals surface area contributed by atoms with E-state index in [1.165, 1.54) is 0 Å². The zero-order chi connectivity index (χ0) is 12.3. The molecule has 3 N–H and O–H groups in total. The van der Waals surface area contributed by atoms with Crippen molar-refractivity contribution >= 4 is 11.8 Å². The second-order valence-electron chi connectivity index (χ2n) is 4.88. The van der Waals surface area contributed by atoms with Crippen LogP contribution in [0.5, 0.6) is 0 Å². The van der Waals surface area contributed by atoms with Crippen molar-refractivity contribution in [2.45, 2.75) is 13.8 Å². The minimum Gasteiger partial charge on any atom is -0.343 e. The monoisotopic (exact) mass is 228 g/mol. The van der Waals surface area contributed by atoms with Crippen LogP contribution < -0.4 is 11.3 Å². The number of rotatable bonds is 3. The van der Waals surface area contributed by atoms with Gasteiger partial charge < -0.3 is 4.90 Å². The molecule has 0 atom stereocenters. The van der Waals surface area contributed by atoms with E-state index in [1.54, 1.807) is 11.9 Å². The van der Waals surface area contributed by atoms with Crippen LogP contribution in [0.3, 0.4) is 0 Å². The molecule has 6 nitrogen and oxygen atoms in total. The lowest BCUT2D eigenvalue weighted by Gasteiger charge is -2.36. The number of nitrogens with two attached hydrogens (primary N) is 1. The van der Waals surface area contributed by atoms with Crippen LogP contribution in [0.4, 0.5) is 0 Å². The number of hydrogen-bond acceptors (Lipinski definition) is 4. The summed E-state index contributed by atoms with van der Waals surface area (Å²) in [6.45, 7) is 6.05. The number of nitrogens with zero attached hydrogens (tertiary/aromatic N) is 2. The minimum atomic E-state index is -0.578. The summed E-state index contributed by atoms with van der Waals surface area (Å²) in [5, 5.41) is 0. The molecule has 0 saturated carbocycles. The molecule has 1 rings (SSSR count). The number of hydrogen-bond donors (Lipinski definition) is 2. The number of hydrazine groups is 1. The first-order chi connectivity index (χ1) is 7.36. The van der Waals surface area contributed by atoms with Gasteiger partial charge in [-0.2, -0.15) is 0 Å². The fourth-order valence-electron chi connectivity index (χ4n) is 1.77. The van der Waals surface area contributed by atoms with Gasteiger partial charge in [-0.25, -0.2) is 5.84 Å². The third kappa shape index (κ3) is 2.93. The lowest BCUT2D eigenvalue weighted by atomic mass is 9.91. The van der Waals surface area contributed by atoms with E-state index in [0.29, 0.717) is 19.6 Å². The molecule has 0 aromatic heterocycles. The maximum absolute atomic E-state index is 11.5. The van der Waals surface area contributed by atoms with Crippen LogP contribution in [-0.2, 0) is 9.59 Å². The zero-order valence-corrected chi connectivity index (χ0v) is 10.1. The highest BCUT2D eigenvalue weighted by Crippen LogP contribution is 2.18. The molecule has 0 aromatic rings. The first kappa shape index (κ1) is 12.9. The lowest BCUT2D eigenvalue weighted by Crippen LogP contribution is -2.54. The van der Waals surface area contributed by atoms with Crippen molar-refractivity contribution in [3.63, 3.8) is 0 Å². The van der Waals surface area contributed by atoms with Crippen molar-refractivity contribution < 1.29 is 9.59 Å². The van der Waals surface area contributed by atoms with E-state index in [-0.39, 0.29) is 11.8 Å². The quantitative estimate of drug-likeness (QED) is 0.360. The summed E-state index contributed by atoms with van der Waals surface area (Å²) in [7, 11) is 1.79. The Hall–Kier alpha value is -1.14. The maximum Gasteiger partial charge on any atom is 0.240 e. The van der Waals surface area contributed by atoms with Gasteiger partial charge in [-0.05, 0) is 13.8 Å². The van der Waals surface area contributed by atoms with Crippen LogP contribution in [0.2, 0.25) is 0 Å². The molecule has 16 heavy (non-hydrogen) atoms. The highest BCUT2D eigenvalue weighted by Gasteiger charge is 2.32. The molecule has 1 heterocycles. The van der Waals surface area contributed by atoms with Gasteiger partial charge in [0, 0.05) is 26.7 Å². The van der Waals surface area contributed by atoms with Gasteiger partial charge in [0.2, 0.25) is 11.8 Å². The van der Waals surface area contributed by atoms with E-state index in [1.807, 2.05) is 18.7 Å². The van der Waals surface area contributed by atoms with Gasteiger partial charge in [-0.15, -0.1) is 0 Å². The van der Waals surface area contributed by atoms with E-state index in [2.05, 4.69) is 5.43 Å². The molecule has 0 radical (unpaired) electrons. The number of nitrogens with one attached hydrogen (secondary N) is 1. The third-order valence-electron chi connectivity index (χ3n) is 2.90. The number of amides is 2.